The lowest BCUT2D eigenvalue weighted by atomic mass is 10.2. The zero-order valence-electron chi connectivity index (χ0n) is 9.67. The molecule has 0 aliphatic carbocycles. The van der Waals surface area contributed by atoms with Crippen LogP contribution in [0.25, 0.3) is 0 Å². The normalized spacial score (nSPS) is 10.0. The lowest BCUT2D eigenvalue weighted by molar-refractivity contribution is -0.383. The molecular formula is C13H13N3O2. The zero-order valence-corrected chi connectivity index (χ0v) is 9.67. The first-order valence-electron chi connectivity index (χ1n) is 5.48. The highest BCUT2D eigenvalue weighted by molar-refractivity contribution is 5.66. The van der Waals surface area contributed by atoms with Crippen molar-refractivity contribution >= 4 is 17.1 Å². The molecule has 92 valence electrons. The first-order chi connectivity index (χ1) is 8.66. The Morgan fingerprint density at radius 3 is 2.56 bits per heavy atom. The van der Waals surface area contributed by atoms with E-state index >= 15 is 0 Å². The maximum absolute atomic E-state index is 10.9. The molecule has 2 aromatic carbocycles. The summed E-state index contributed by atoms with van der Waals surface area (Å²) in [5.41, 5.74) is 7.44. The van der Waals surface area contributed by atoms with Gasteiger partial charge in [0.25, 0.3) is 5.69 Å². The highest BCUT2D eigenvalue weighted by Crippen LogP contribution is 2.26. The molecule has 0 radical (unpaired) electrons. The maximum Gasteiger partial charge on any atom is 0.294 e. The predicted molar refractivity (Wildman–Crippen MR) is 71.3 cm³/mol. The van der Waals surface area contributed by atoms with Crippen molar-refractivity contribution in [3.8, 4) is 0 Å². The van der Waals surface area contributed by atoms with Crippen LogP contribution >= 0.6 is 0 Å². The van der Waals surface area contributed by atoms with E-state index < -0.39 is 4.92 Å². The minimum atomic E-state index is -0.441. The molecule has 2 aromatic rings. The molecule has 5 nitrogen and oxygen atoms in total. The van der Waals surface area contributed by atoms with E-state index in [4.69, 9.17) is 5.73 Å². The summed E-state index contributed by atoms with van der Waals surface area (Å²) in [6.45, 7) is 0.533. The Morgan fingerprint density at radius 2 is 1.89 bits per heavy atom. The highest BCUT2D eigenvalue weighted by atomic mass is 16.6. The highest BCUT2D eigenvalue weighted by Gasteiger charge is 2.13. The van der Waals surface area contributed by atoms with E-state index in [0.29, 0.717) is 17.9 Å². The standard InChI is InChI=1S/C13H13N3O2/c14-11-6-7-12(13(8-11)16(17)18)15-9-10-4-2-1-3-5-10/h1-8,15H,9,14H2. The number of nitrogens with one attached hydrogen (secondary N) is 1. The summed E-state index contributed by atoms with van der Waals surface area (Å²) < 4.78 is 0. The molecule has 0 amide bonds. The number of hydrogen-bond donors (Lipinski definition) is 2. The van der Waals surface area contributed by atoms with Crippen LogP contribution in [-0.4, -0.2) is 4.92 Å². The molecule has 0 fully saturated rings. The summed E-state index contributed by atoms with van der Waals surface area (Å²) in [5, 5.41) is 13.9. The van der Waals surface area contributed by atoms with Crippen molar-refractivity contribution in [3.05, 3.63) is 64.2 Å². The second-order valence-electron chi connectivity index (χ2n) is 3.87. The van der Waals surface area contributed by atoms with Gasteiger partial charge in [-0.1, -0.05) is 30.3 Å². The van der Waals surface area contributed by atoms with Crippen LogP contribution in [0.1, 0.15) is 5.56 Å². The van der Waals surface area contributed by atoms with Crippen LogP contribution in [0.2, 0.25) is 0 Å². The number of nitrogens with two attached hydrogens (primary N) is 1. The van der Waals surface area contributed by atoms with Crippen LogP contribution in [0.15, 0.2) is 48.5 Å². The van der Waals surface area contributed by atoms with Gasteiger partial charge >= 0.3 is 0 Å². The molecular weight excluding hydrogens is 230 g/mol. The first-order valence-corrected chi connectivity index (χ1v) is 5.48. The first kappa shape index (κ1) is 11.9. The van der Waals surface area contributed by atoms with Gasteiger partial charge in [-0.25, -0.2) is 0 Å². The van der Waals surface area contributed by atoms with Gasteiger partial charge in [-0.3, -0.25) is 10.1 Å². The summed E-state index contributed by atoms with van der Waals surface area (Å²) in [5.74, 6) is 0. The van der Waals surface area contributed by atoms with Crippen LogP contribution in [0.3, 0.4) is 0 Å². The summed E-state index contributed by atoms with van der Waals surface area (Å²) in [6.07, 6.45) is 0. The van der Waals surface area contributed by atoms with Gasteiger partial charge in [-0.2, -0.15) is 0 Å². The number of rotatable bonds is 4. The van der Waals surface area contributed by atoms with E-state index in [1.165, 1.54) is 6.07 Å². The van der Waals surface area contributed by atoms with Crippen molar-refractivity contribution in [1.82, 2.24) is 0 Å². The largest absolute Gasteiger partial charge is 0.399 e. The molecule has 0 saturated heterocycles. The second kappa shape index (κ2) is 5.18. The number of anilines is 2. The van der Waals surface area contributed by atoms with Crippen molar-refractivity contribution in [2.24, 2.45) is 0 Å². The van der Waals surface area contributed by atoms with Gasteiger partial charge in [0.15, 0.2) is 0 Å². The third-order valence-corrected chi connectivity index (χ3v) is 2.54. The Bertz CT molecular complexity index is 555. The van der Waals surface area contributed by atoms with Gasteiger partial charge in [0, 0.05) is 18.3 Å². The lowest BCUT2D eigenvalue weighted by Gasteiger charge is -2.07. The van der Waals surface area contributed by atoms with Crippen molar-refractivity contribution in [2.75, 3.05) is 11.1 Å². The fraction of sp³-hybridized carbons (Fsp3) is 0.0769. The third kappa shape index (κ3) is 2.76. The van der Waals surface area contributed by atoms with Gasteiger partial charge in [0.05, 0.1) is 4.92 Å². The number of benzene rings is 2. The molecule has 0 aromatic heterocycles. The maximum atomic E-state index is 10.9. The molecule has 0 bridgehead atoms. The molecule has 18 heavy (non-hydrogen) atoms. The van der Waals surface area contributed by atoms with Crippen LogP contribution in [0.5, 0.6) is 0 Å². The zero-order chi connectivity index (χ0) is 13.0. The summed E-state index contributed by atoms with van der Waals surface area (Å²) in [7, 11) is 0. The molecule has 5 heteroatoms. The van der Waals surface area contributed by atoms with Gasteiger partial charge < -0.3 is 11.1 Å². The van der Waals surface area contributed by atoms with E-state index in [1.807, 2.05) is 30.3 Å². The Hall–Kier alpha value is -2.56. The smallest absolute Gasteiger partial charge is 0.294 e. The van der Waals surface area contributed by atoms with Crippen molar-refractivity contribution < 1.29 is 4.92 Å². The van der Waals surface area contributed by atoms with Crippen LogP contribution in [-0.2, 0) is 6.54 Å². The average Bonchev–Trinajstić information content (AvgIpc) is 2.38. The topological polar surface area (TPSA) is 81.2 Å². The molecule has 0 aliphatic heterocycles. The summed E-state index contributed by atoms with van der Waals surface area (Å²) in [4.78, 5) is 10.5. The Labute approximate surface area is 104 Å². The molecule has 3 N–H and O–H groups in total. The molecule has 2 rings (SSSR count). The fourth-order valence-corrected chi connectivity index (χ4v) is 1.64. The van der Waals surface area contributed by atoms with E-state index in [9.17, 15) is 10.1 Å². The van der Waals surface area contributed by atoms with E-state index in [1.54, 1.807) is 12.1 Å². The van der Waals surface area contributed by atoms with Crippen molar-refractivity contribution in [1.29, 1.82) is 0 Å². The predicted octanol–water partition coefficient (Wildman–Crippen LogP) is 2.79. The summed E-state index contributed by atoms with van der Waals surface area (Å²) in [6, 6.07) is 14.3. The average molecular weight is 243 g/mol. The van der Waals surface area contributed by atoms with Gasteiger partial charge in [-0.15, -0.1) is 0 Å². The third-order valence-electron chi connectivity index (χ3n) is 2.54. The number of hydrogen-bond acceptors (Lipinski definition) is 4. The van der Waals surface area contributed by atoms with E-state index in [2.05, 4.69) is 5.32 Å². The number of nitrogen functional groups attached to an aromatic ring is 1. The number of nitro groups is 1. The summed E-state index contributed by atoms with van der Waals surface area (Å²) >= 11 is 0. The molecule has 0 saturated carbocycles. The second-order valence-corrected chi connectivity index (χ2v) is 3.87. The van der Waals surface area contributed by atoms with Gasteiger partial charge in [-0.05, 0) is 17.7 Å². The number of nitro benzene ring substituents is 1. The Kier molecular flexibility index (Phi) is 3.43. The van der Waals surface area contributed by atoms with Crippen molar-refractivity contribution in [2.45, 2.75) is 6.54 Å². The Morgan fingerprint density at radius 1 is 1.17 bits per heavy atom. The van der Waals surface area contributed by atoms with Crippen LogP contribution in [0, 0.1) is 10.1 Å². The minimum absolute atomic E-state index is 0.00840. The van der Waals surface area contributed by atoms with Crippen LogP contribution in [0.4, 0.5) is 17.1 Å². The van der Waals surface area contributed by atoms with Gasteiger partial charge in [0.2, 0.25) is 0 Å². The Balaban J connectivity index is 2.17. The van der Waals surface area contributed by atoms with E-state index in [-0.39, 0.29) is 5.69 Å². The van der Waals surface area contributed by atoms with Gasteiger partial charge in [0.1, 0.15) is 5.69 Å². The lowest BCUT2D eigenvalue weighted by Crippen LogP contribution is -2.03. The van der Waals surface area contributed by atoms with Crippen LogP contribution < -0.4 is 11.1 Å². The molecule has 0 aliphatic rings. The molecule has 0 atom stereocenters. The SMILES string of the molecule is Nc1ccc(NCc2ccccc2)c([N+](=O)[O-])c1. The fourth-order valence-electron chi connectivity index (χ4n) is 1.64. The minimum Gasteiger partial charge on any atom is -0.399 e. The monoisotopic (exact) mass is 243 g/mol. The molecule has 0 spiro atoms. The van der Waals surface area contributed by atoms with Crippen molar-refractivity contribution in [3.63, 3.8) is 0 Å². The number of nitrogens with zero attached hydrogens (tertiary/aromatic N) is 1. The van der Waals surface area contributed by atoms with E-state index in [0.717, 1.165) is 5.56 Å². The quantitative estimate of drug-likeness (QED) is 0.491. The molecule has 0 heterocycles. The molecule has 0 unspecified atom stereocenters.